The van der Waals surface area contributed by atoms with Gasteiger partial charge in [0, 0.05) is 11.3 Å². The van der Waals surface area contributed by atoms with Crippen LogP contribution in [-0.4, -0.2) is 33.5 Å². The summed E-state index contributed by atoms with van der Waals surface area (Å²) in [6.45, 7) is -0.318. The normalized spacial score (nSPS) is 15.2. The minimum Gasteiger partial charge on any atom is -0.545 e. The predicted molar refractivity (Wildman–Crippen MR) is 106 cm³/mol. The number of carboxylic acid groups (broad SMARTS) is 1. The highest BCUT2D eigenvalue weighted by Gasteiger charge is 2.33. The molecule has 0 spiro atoms. The molecule has 2 aromatic carbocycles. The van der Waals surface area contributed by atoms with E-state index in [0.717, 1.165) is 16.7 Å². The van der Waals surface area contributed by atoms with Gasteiger partial charge in [-0.15, -0.1) is 0 Å². The van der Waals surface area contributed by atoms with Gasteiger partial charge in [0.25, 0.3) is 5.91 Å². The molecule has 1 aliphatic rings. The molecule has 0 atom stereocenters. The van der Waals surface area contributed by atoms with Crippen LogP contribution in [0.3, 0.4) is 0 Å². The molecule has 1 saturated heterocycles. The lowest BCUT2D eigenvalue weighted by Gasteiger charge is -2.14. The molecule has 0 saturated carbocycles. The van der Waals surface area contributed by atoms with Crippen molar-refractivity contribution in [2.75, 3.05) is 11.9 Å². The lowest BCUT2D eigenvalue weighted by atomic mass is 10.2. The topological polar surface area (TPSA) is 89.5 Å². The van der Waals surface area contributed by atoms with Crippen molar-refractivity contribution in [2.24, 2.45) is 0 Å². The maximum absolute atomic E-state index is 13.8. The Labute approximate surface area is 169 Å². The molecule has 0 unspecified atom stereocenters. The quantitative estimate of drug-likeness (QED) is 0.594. The summed E-state index contributed by atoms with van der Waals surface area (Å²) in [4.78, 5) is 36.8. The van der Waals surface area contributed by atoms with Crippen LogP contribution in [-0.2, 0) is 9.59 Å². The zero-order valence-corrected chi connectivity index (χ0v) is 15.8. The molecule has 0 bridgehead atoms. The first-order valence-electron chi connectivity index (χ1n) is 7.96. The Balaban J connectivity index is 1.68. The summed E-state index contributed by atoms with van der Waals surface area (Å²) in [5.41, 5.74) is 0.594. The van der Waals surface area contributed by atoms with Crippen molar-refractivity contribution in [2.45, 2.75) is 0 Å². The number of carbonyl (C=O) groups excluding carboxylic acids is 3. The van der Waals surface area contributed by atoms with Gasteiger partial charge < -0.3 is 15.2 Å². The number of carboxylic acids is 1. The number of halogens is 1. The third-order valence-electron chi connectivity index (χ3n) is 3.77. The number of nitrogens with zero attached hydrogens (tertiary/aromatic N) is 1. The molecule has 142 valence electrons. The number of hydrogen-bond acceptors (Lipinski definition) is 6. The Bertz CT molecular complexity index is 1010. The Kier molecular flexibility index (Phi) is 5.86. The summed E-state index contributed by atoms with van der Waals surface area (Å²) in [5, 5.41) is 13.3. The van der Waals surface area contributed by atoms with E-state index in [1.54, 1.807) is 12.1 Å². The van der Waals surface area contributed by atoms with Crippen molar-refractivity contribution < 1.29 is 23.9 Å². The molecule has 1 N–H and O–H groups in total. The molecular weight excluding hydrogens is 403 g/mol. The van der Waals surface area contributed by atoms with E-state index in [9.17, 15) is 23.9 Å². The number of amides is 2. The van der Waals surface area contributed by atoms with Crippen LogP contribution in [0.4, 0.5) is 10.1 Å². The molecular formula is C19H12FN2O4S2-. The van der Waals surface area contributed by atoms with Gasteiger partial charge in [-0.05, 0) is 29.8 Å². The second-order valence-electron chi connectivity index (χ2n) is 5.70. The fourth-order valence-corrected chi connectivity index (χ4v) is 3.65. The van der Waals surface area contributed by atoms with Crippen LogP contribution in [0.15, 0.2) is 53.4 Å². The first-order valence-corrected chi connectivity index (χ1v) is 9.19. The number of nitrogens with one attached hydrogen (secondary N) is 1. The molecule has 6 nitrogen and oxygen atoms in total. The maximum Gasteiger partial charge on any atom is 0.266 e. The third kappa shape index (κ3) is 4.44. The molecule has 1 fully saturated rings. The Morgan fingerprint density at radius 3 is 2.50 bits per heavy atom. The Hall–Kier alpha value is -3.04. The van der Waals surface area contributed by atoms with Gasteiger partial charge in [0.05, 0.1) is 10.9 Å². The van der Waals surface area contributed by atoms with E-state index in [1.807, 2.05) is 0 Å². The van der Waals surface area contributed by atoms with Crippen LogP contribution in [0.5, 0.6) is 0 Å². The largest absolute Gasteiger partial charge is 0.545 e. The van der Waals surface area contributed by atoms with Gasteiger partial charge in [0.15, 0.2) is 0 Å². The standard InChI is InChI=1S/C19H13FN2O4S2/c20-14-4-2-1-3-12(14)9-15-17(24)22(19(27)28-15)10-16(23)21-13-7-5-11(6-8-13)18(25)26/h1-9H,10H2,(H,21,23)(H,25,26)/p-1/b15-9+. The van der Waals surface area contributed by atoms with E-state index < -0.39 is 23.6 Å². The third-order valence-corrected chi connectivity index (χ3v) is 5.15. The molecule has 3 rings (SSSR count). The highest BCUT2D eigenvalue weighted by molar-refractivity contribution is 8.26. The minimum atomic E-state index is -1.32. The fourth-order valence-electron chi connectivity index (χ4n) is 2.40. The van der Waals surface area contributed by atoms with Gasteiger partial charge in [-0.3, -0.25) is 14.5 Å². The molecule has 0 aromatic heterocycles. The van der Waals surface area contributed by atoms with Gasteiger partial charge in [0.2, 0.25) is 5.91 Å². The fraction of sp³-hybridized carbons (Fsp3) is 0.0526. The summed E-state index contributed by atoms with van der Waals surface area (Å²) in [7, 11) is 0. The van der Waals surface area contributed by atoms with E-state index in [1.165, 1.54) is 42.5 Å². The molecule has 0 radical (unpaired) electrons. The van der Waals surface area contributed by atoms with Crippen LogP contribution in [0.25, 0.3) is 6.08 Å². The molecule has 28 heavy (non-hydrogen) atoms. The van der Waals surface area contributed by atoms with E-state index in [0.29, 0.717) is 5.69 Å². The van der Waals surface area contributed by atoms with Crippen molar-refractivity contribution in [1.29, 1.82) is 0 Å². The molecule has 1 heterocycles. The zero-order valence-electron chi connectivity index (χ0n) is 14.2. The number of thioether (sulfide) groups is 1. The van der Waals surface area contributed by atoms with Crippen molar-refractivity contribution in [3.63, 3.8) is 0 Å². The number of benzene rings is 2. The second-order valence-corrected chi connectivity index (χ2v) is 7.38. The van der Waals surface area contributed by atoms with Crippen molar-refractivity contribution in [3.05, 3.63) is 70.4 Å². The Morgan fingerprint density at radius 1 is 1.18 bits per heavy atom. The van der Waals surface area contributed by atoms with Crippen LogP contribution >= 0.6 is 24.0 Å². The summed E-state index contributed by atoms with van der Waals surface area (Å²) in [5.74, 6) is -2.78. The monoisotopic (exact) mass is 415 g/mol. The lowest BCUT2D eigenvalue weighted by Crippen LogP contribution is -2.36. The first kappa shape index (κ1) is 19.7. The number of rotatable bonds is 5. The molecule has 2 aromatic rings. The summed E-state index contributed by atoms with van der Waals surface area (Å²) in [6, 6.07) is 11.4. The Morgan fingerprint density at radius 2 is 1.86 bits per heavy atom. The molecule has 1 aliphatic heterocycles. The first-order chi connectivity index (χ1) is 13.3. The highest BCUT2D eigenvalue weighted by Crippen LogP contribution is 2.32. The van der Waals surface area contributed by atoms with Crippen molar-refractivity contribution in [3.8, 4) is 0 Å². The average molecular weight is 415 g/mol. The van der Waals surface area contributed by atoms with Gasteiger partial charge >= 0.3 is 0 Å². The van der Waals surface area contributed by atoms with Gasteiger partial charge in [-0.2, -0.15) is 0 Å². The smallest absolute Gasteiger partial charge is 0.266 e. The number of aromatic carboxylic acids is 1. The van der Waals surface area contributed by atoms with Crippen LogP contribution in [0.2, 0.25) is 0 Å². The van der Waals surface area contributed by atoms with Crippen molar-refractivity contribution >= 4 is 57.8 Å². The van der Waals surface area contributed by atoms with E-state index in [4.69, 9.17) is 12.2 Å². The average Bonchev–Trinajstić information content (AvgIpc) is 2.91. The number of carbonyl (C=O) groups is 3. The number of hydrogen-bond donors (Lipinski definition) is 1. The minimum absolute atomic E-state index is 0.0202. The maximum atomic E-state index is 13.8. The van der Waals surface area contributed by atoms with Crippen LogP contribution in [0.1, 0.15) is 15.9 Å². The van der Waals surface area contributed by atoms with E-state index in [-0.39, 0.29) is 26.9 Å². The number of thiocarbonyl (C=S) groups is 1. The lowest BCUT2D eigenvalue weighted by molar-refractivity contribution is -0.255. The van der Waals surface area contributed by atoms with Gasteiger partial charge in [0.1, 0.15) is 16.7 Å². The van der Waals surface area contributed by atoms with Crippen LogP contribution in [0, 0.1) is 5.82 Å². The molecule has 9 heteroatoms. The summed E-state index contributed by atoms with van der Waals surface area (Å²) < 4.78 is 14.0. The van der Waals surface area contributed by atoms with Crippen LogP contribution < -0.4 is 10.4 Å². The molecule has 2 amide bonds. The summed E-state index contributed by atoms with van der Waals surface area (Å²) in [6.07, 6.45) is 1.39. The number of anilines is 1. The summed E-state index contributed by atoms with van der Waals surface area (Å²) >= 11 is 6.14. The van der Waals surface area contributed by atoms with E-state index in [2.05, 4.69) is 5.32 Å². The van der Waals surface area contributed by atoms with Crippen molar-refractivity contribution in [1.82, 2.24) is 4.90 Å². The van der Waals surface area contributed by atoms with Gasteiger partial charge in [-0.1, -0.05) is 54.3 Å². The highest BCUT2D eigenvalue weighted by atomic mass is 32.2. The van der Waals surface area contributed by atoms with Gasteiger partial charge in [-0.25, -0.2) is 4.39 Å². The van der Waals surface area contributed by atoms with E-state index >= 15 is 0 Å². The zero-order chi connectivity index (χ0) is 20.3. The second kappa shape index (κ2) is 8.32. The SMILES string of the molecule is O=C(CN1C(=O)/C(=C\c2ccccc2F)SC1=S)Nc1ccc(C(=O)[O-])cc1. The molecule has 0 aliphatic carbocycles. The predicted octanol–water partition coefficient (Wildman–Crippen LogP) is 2.03.